The molecule has 1 aromatic carbocycles. The van der Waals surface area contributed by atoms with Gasteiger partial charge in [0.15, 0.2) is 0 Å². The number of rotatable bonds is 2. The molecular formula is C17H14BrF3N2O2S. The van der Waals surface area contributed by atoms with Gasteiger partial charge in [-0.2, -0.15) is 13.2 Å². The monoisotopic (exact) mass is 446 g/mol. The van der Waals surface area contributed by atoms with Crippen molar-refractivity contribution in [3.63, 3.8) is 0 Å². The Morgan fingerprint density at radius 1 is 1.31 bits per heavy atom. The molecule has 0 N–H and O–H groups in total. The number of sulfonamides is 1. The van der Waals surface area contributed by atoms with Gasteiger partial charge in [0.05, 0.1) is 21.8 Å². The van der Waals surface area contributed by atoms with Gasteiger partial charge in [-0.3, -0.25) is 9.29 Å². The summed E-state index contributed by atoms with van der Waals surface area (Å²) in [6.45, 7) is 5.60. The Hall–Kier alpha value is -1.87. The highest BCUT2D eigenvalue weighted by molar-refractivity contribution is 9.10. The molecule has 2 heterocycles. The summed E-state index contributed by atoms with van der Waals surface area (Å²) in [5, 5.41) is 0. The molecule has 0 fully saturated rings. The van der Waals surface area contributed by atoms with Gasteiger partial charge in [-0.05, 0) is 59.1 Å². The van der Waals surface area contributed by atoms with Crippen LogP contribution in [0.1, 0.15) is 24.6 Å². The molecule has 1 aliphatic rings. The Balaban J connectivity index is 2.18. The summed E-state index contributed by atoms with van der Waals surface area (Å²) in [7, 11) is -4.22. The summed E-state index contributed by atoms with van der Waals surface area (Å²) in [4.78, 5) is 3.80. The zero-order valence-electron chi connectivity index (χ0n) is 13.6. The highest BCUT2D eigenvalue weighted by Crippen LogP contribution is 2.40. The molecule has 2 aromatic rings. The van der Waals surface area contributed by atoms with Crippen LogP contribution < -0.4 is 4.31 Å². The van der Waals surface area contributed by atoms with E-state index in [0.29, 0.717) is 33.9 Å². The molecule has 4 nitrogen and oxygen atoms in total. The highest BCUT2D eigenvalue weighted by atomic mass is 79.9. The minimum atomic E-state index is -4.63. The molecule has 1 aliphatic heterocycles. The number of aromatic nitrogens is 1. The van der Waals surface area contributed by atoms with Crippen LogP contribution in [0.3, 0.4) is 0 Å². The molecule has 1 aromatic heterocycles. The van der Waals surface area contributed by atoms with Crippen LogP contribution >= 0.6 is 15.9 Å². The van der Waals surface area contributed by atoms with Gasteiger partial charge in [0.1, 0.15) is 0 Å². The molecule has 1 unspecified atom stereocenters. The number of hydrogen-bond donors (Lipinski definition) is 0. The Kier molecular flexibility index (Phi) is 4.64. The Bertz CT molecular complexity index is 990. The van der Waals surface area contributed by atoms with E-state index in [9.17, 15) is 21.6 Å². The molecule has 9 heteroatoms. The maximum absolute atomic E-state index is 13.1. The fraction of sp³-hybridized carbons (Fsp3) is 0.235. The van der Waals surface area contributed by atoms with Crippen LogP contribution in [0.2, 0.25) is 0 Å². The maximum atomic E-state index is 13.1. The number of halogens is 4. The van der Waals surface area contributed by atoms with Crippen LogP contribution in [0.15, 0.2) is 52.5 Å². The van der Waals surface area contributed by atoms with Gasteiger partial charge in [0, 0.05) is 16.7 Å². The van der Waals surface area contributed by atoms with Crippen molar-refractivity contribution in [2.75, 3.05) is 4.31 Å². The van der Waals surface area contributed by atoms with E-state index in [1.807, 2.05) is 0 Å². The molecule has 3 rings (SSSR count). The fourth-order valence-corrected chi connectivity index (χ4v) is 4.97. The average molecular weight is 447 g/mol. The number of fused-ring (bicyclic) bond motifs is 1. The molecule has 0 spiro atoms. The second kappa shape index (κ2) is 6.38. The van der Waals surface area contributed by atoms with Crippen molar-refractivity contribution in [1.82, 2.24) is 4.98 Å². The van der Waals surface area contributed by atoms with Crippen LogP contribution in [-0.4, -0.2) is 19.4 Å². The fourth-order valence-electron chi connectivity index (χ4n) is 2.96. The van der Waals surface area contributed by atoms with Crippen molar-refractivity contribution in [3.05, 3.63) is 58.8 Å². The summed E-state index contributed by atoms with van der Waals surface area (Å²) in [5.74, 6) is 0. The van der Waals surface area contributed by atoms with Crippen LogP contribution in [0, 0.1) is 0 Å². The third-order valence-corrected chi connectivity index (χ3v) is 6.42. The summed E-state index contributed by atoms with van der Waals surface area (Å²) in [5.41, 5.74) is 0.373. The first-order chi connectivity index (χ1) is 12.0. The number of benzene rings is 1. The molecule has 138 valence electrons. The first kappa shape index (κ1) is 18.9. The van der Waals surface area contributed by atoms with E-state index in [1.54, 1.807) is 13.0 Å². The van der Waals surface area contributed by atoms with Gasteiger partial charge < -0.3 is 0 Å². The molecule has 26 heavy (non-hydrogen) atoms. The average Bonchev–Trinajstić information content (AvgIpc) is 2.53. The minimum absolute atomic E-state index is 0.292. The zero-order valence-corrected chi connectivity index (χ0v) is 16.0. The second-order valence-electron chi connectivity index (χ2n) is 6.00. The molecule has 0 amide bonds. The van der Waals surface area contributed by atoms with Gasteiger partial charge in [-0.15, -0.1) is 0 Å². The standard InChI is InChI=1S/C17H14BrF3N2O2S/c1-10-6-11(2)23(15-8-13(18)9-22-16(10)15)26(24,25)14-5-3-4-12(7-14)17(19,20)21/h3-5,7-9,11H,1,6H2,2H3. The normalized spacial score (nSPS) is 18.0. The van der Waals surface area contributed by atoms with Gasteiger partial charge in [0.25, 0.3) is 10.0 Å². The number of hydrogen-bond acceptors (Lipinski definition) is 3. The lowest BCUT2D eigenvalue weighted by Crippen LogP contribution is -2.42. The van der Waals surface area contributed by atoms with Gasteiger partial charge in [-0.25, -0.2) is 8.42 Å². The van der Waals surface area contributed by atoms with E-state index in [-0.39, 0.29) is 0 Å². The largest absolute Gasteiger partial charge is 0.416 e. The van der Waals surface area contributed by atoms with Crippen LogP contribution in [-0.2, 0) is 16.2 Å². The third kappa shape index (κ3) is 3.25. The quantitative estimate of drug-likeness (QED) is 0.661. The van der Waals surface area contributed by atoms with Crippen molar-refractivity contribution < 1.29 is 21.6 Å². The van der Waals surface area contributed by atoms with Crippen molar-refractivity contribution in [1.29, 1.82) is 0 Å². The Morgan fingerprint density at radius 3 is 2.65 bits per heavy atom. The smallest absolute Gasteiger partial charge is 0.261 e. The first-order valence-electron chi connectivity index (χ1n) is 7.57. The van der Waals surface area contributed by atoms with E-state index in [0.717, 1.165) is 22.5 Å². The van der Waals surface area contributed by atoms with E-state index in [2.05, 4.69) is 27.5 Å². The predicted molar refractivity (Wildman–Crippen MR) is 96.2 cm³/mol. The van der Waals surface area contributed by atoms with E-state index in [4.69, 9.17) is 0 Å². The third-order valence-electron chi connectivity index (χ3n) is 4.07. The predicted octanol–water partition coefficient (Wildman–Crippen LogP) is 4.86. The van der Waals surface area contributed by atoms with E-state index in [1.165, 1.54) is 6.20 Å². The Labute approximate surface area is 157 Å². The molecule has 0 aliphatic carbocycles. The van der Waals surface area contributed by atoms with Crippen molar-refractivity contribution >= 4 is 37.2 Å². The van der Waals surface area contributed by atoms with Gasteiger partial charge in [-0.1, -0.05) is 12.6 Å². The molecule has 0 saturated heterocycles. The van der Waals surface area contributed by atoms with Gasteiger partial charge in [0.2, 0.25) is 0 Å². The molecule has 0 radical (unpaired) electrons. The van der Waals surface area contributed by atoms with Crippen LogP contribution in [0.5, 0.6) is 0 Å². The van der Waals surface area contributed by atoms with Crippen molar-refractivity contribution in [2.24, 2.45) is 0 Å². The molecule has 0 saturated carbocycles. The lowest BCUT2D eigenvalue weighted by atomic mass is 9.99. The van der Waals surface area contributed by atoms with Gasteiger partial charge >= 0.3 is 6.18 Å². The van der Waals surface area contributed by atoms with E-state index < -0.39 is 32.7 Å². The highest BCUT2D eigenvalue weighted by Gasteiger charge is 2.38. The molecule has 1 atom stereocenters. The number of alkyl halides is 3. The summed E-state index contributed by atoms with van der Waals surface area (Å²) >= 11 is 3.26. The van der Waals surface area contributed by atoms with Crippen LogP contribution in [0.25, 0.3) is 5.57 Å². The topological polar surface area (TPSA) is 50.3 Å². The van der Waals surface area contributed by atoms with E-state index >= 15 is 0 Å². The maximum Gasteiger partial charge on any atom is 0.416 e. The van der Waals surface area contributed by atoms with Crippen molar-refractivity contribution in [2.45, 2.75) is 30.5 Å². The number of anilines is 1. The van der Waals surface area contributed by atoms with Crippen LogP contribution in [0.4, 0.5) is 18.9 Å². The first-order valence-corrected chi connectivity index (χ1v) is 9.80. The molecular weight excluding hydrogens is 433 g/mol. The number of pyridine rings is 1. The number of nitrogens with zero attached hydrogens (tertiary/aromatic N) is 2. The Morgan fingerprint density at radius 2 is 2.00 bits per heavy atom. The summed E-state index contributed by atoms with van der Waals surface area (Å²) < 4.78 is 66.9. The zero-order chi connectivity index (χ0) is 19.3. The second-order valence-corrected chi connectivity index (χ2v) is 8.74. The molecule has 0 bridgehead atoms. The SMILES string of the molecule is C=C1CC(C)N(S(=O)(=O)c2cccc(C(F)(F)F)c2)c2cc(Br)cnc21. The lowest BCUT2D eigenvalue weighted by Gasteiger charge is -2.36. The minimum Gasteiger partial charge on any atom is -0.261 e. The lowest BCUT2D eigenvalue weighted by molar-refractivity contribution is -0.137. The van der Waals surface area contributed by atoms with Crippen molar-refractivity contribution in [3.8, 4) is 0 Å². The summed E-state index contributed by atoms with van der Waals surface area (Å²) in [6, 6.07) is 4.80. The summed E-state index contributed by atoms with van der Waals surface area (Å²) in [6.07, 6.45) is -2.77.